The Morgan fingerprint density at radius 1 is 0.868 bits per heavy atom. The lowest BCUT2D eigenvalue weighted by Gasteiger charge is -2.36. The van der Waals surface area contributed by atoms with Gasteiger partial charge < -0.3 is 14.2 Å². The topological polar surface area (TPSA) is 67.5 Å². The molecule has 38 heavy (non-hydrogen) atoms. The molecule has 7 heteroatoms. The predicted molar refractivity (Wildman–Crippen MR) is 150 cm³/mol. The Labute approximate surface area is 222 Å². The average molecular weight is 506 g/mol. The number of pyridine rings is 1. The van der Waals surface area contributed by atoms with E-state index in [-0.39, 0.29) is 0 Å². The van der Waals surface area contributed by atoms with E-state index < -0.39 is 0 Å². The van der Waals surface area contributed by atoms with E-state index in [0.29, 0.717) is 18.4 Å². The van der Waals surface area contributed by atoms with Crippen molar-refractivity contribution < 1.29 is 9.26 Å². The van der Waals surface area contributed by atoms with Crippen molar-refractivity contribution in [3.05, 3.63) is 96.4 Å². The fourth-order valence-corrected chi connectivity index (χ4v) is 4.87. The molecule has 6 rings (SSSR count). The fourth-order valence-electron chi connectivity index (χ4n) is 4.87. The molecule has 3 heterocycles. The Bertz CT molecular complexity index is 1510. The van der Waals surface area contributed by atoms with Crippen LogP contribution in [0.2, 0.25) is 0 Å². The van der Waals surface area contributed by atoms with Crippen LogP contribution in [0.25, 0.3) is 22.4 Å². The maximum atomic E-state index is 6.01. The molecule has 0 radical (unpaired) electrons. The lowest BCUT2D eigenvalue weighted by molar-refractivity contribution is 0.240. The number of anilines is 1. The summed E-state index contributed by atoms with van der Waals surface area (Å²) < 4.78 is 11.6. The SMILES string of the molecule is CC(C)c1ccc(-c2nc(CN3CCN(c4ccnc5cc(Oc6ccccc6)ccc45)CC3)no2)cc1. The molecule has 1 aliphatic heterocycles. The number of hydrogen-bond donors (Lipinski definition) is 0. The lowest BCUT2D eigenvalue weighted by Crippen LogP contribution is -2.46. The molecule has 7 nitrogen and oxygen atoms in total. The van der Waals surface area contributed by atoms with Crippen molar-refractivity contribution in [2.24, 2.45) is 0 Å². The van der Waals surface area contributed by atoms with Crippen LogP contribution in [-0.4, -0.2) is 46.2 Å². The maximum Gasteiger partial charge on any atom is 0.257 e. The third-order valence-electron chi connectivity index (χ3n) is 7.04. The number of ether oxygens (including phenoxy) is 1. The van der Waals surface area contributed by atoms with Gasteiger partial charge in [-0.1, -0.05) is 49.3 Å². The quantitative estimate of drug-likeness (QED) is 0.249. The zero-order valence-corrected chi connectivity index (χ0v) is 21.7. The Balaban J connectivity index is 1.09. The molecule has 0 atom stereocenters. The normalized spacial score (nSPS) is 14.3. The third-order valence-corrected chi connectivity index (χ3v) is 7.04. The molecule has 1 saturated heterocycles. The molecule has 3 aromatic carbocycles. The van der Waals surface area contributed by atoms with Gasteiger partial charge in [-0.25, -0.2) is 0 Å². The summed E-state index contributed by atoms with van der Waals surface area (Å²) in [6.45, 7) is 8.74. The molecule has 1 aliphatic rings. The minimum atomic E-state index is 0.497. The van der Waals surface area contributed by atoms with E-state index in [9.17, 15) is 0 Å². The van der Waals surface area contributed by atoms with Crippen LogP contribution in [0.4, 0.5) is 5.69 Å². The first-order valence-electron chi connectivity index (χ1n) is 13.1. The number of rotatable bonds is 7. The van der Waals surface area contributed by atoms with Gasteiger partial charge in [0.1, 0.15) is 11.5 Å². The highest BCUT2D eigenvalue weighted by Crippen LogP contribution is 2.31. The van der Waals surface area contributed by atoms with Gasteiger partial charge in [-0.3, -0.25) is 9.88 Å². The second kappa shape index (κ2) is 10.6. The highest BCUT2D eigenvalue weighted by molar-refractivity contribution is 5.92. The van der Waals surface area contributed by atoms with Gasteiger partial charge in [-0.05, 0) is 53.9 Å². The minimum absolute atomic E-state index is 0.497. The predicted octanol–water partition coefficient (Wildman–Crippen LogP) is 6.52. The Kier molecular flexibility index (Phi) is 6.75. The molecule has 2 aromatic heterocycles. The summed E-state index contributed by atoms with van der Waals surface area (Å²) in [5.41, 5.74) is 4.39. The second-order valence-corrected chi connectivity index (χ2v) is 9.98. The molecule has 0 bridgehead atoms. The van der Waals surface area contributed by atoms with Crippen molar-refractivity contribution in [2.75, 3.05) is 31.1 Å². The van der Waals surface area contributed by atoms with E-state index in [1.54, 1.807) is 0 Å². The van der Waals surface area contributed by atoms with Crippen LogP contribution in [0.15, 0.2) is 89.6 Å². The Morgan fingerprint density at radius 2 is 1.66 bits per heavy atom. The second-order valence-electron chi connectivity index (χ2n) is 9.98. The van der Waals surface area contributed by atoms with Gasteiger partial charge >= 0.3 is 0 Å². The van der Waals surface area contributed by atoms with E-state index in [0.717, 1.165) is 60.0 Å². The lowest BCUT2D eigenvalue weighted by atomic mass is 10.0. The number of aromatic nitrogens is 3. The number of para-hydroxylation sites is 1. The van der Waals surface area contributed by atoms with Crippen LogP contribution in [0, 0.1) is 0 Å². The molecule has 0 aliphatic carbocycles. The molecule has 0 saturated carbocycles. The minimum Gasteiger partial charge on any atom is -0.457 e. The van der Waals surface area contributed by atoms with E-state index in [1.165, 1.54) is 11.3 Å². The summed E-state index contributed by atoms with van der Waals surface area (Å²) in [6, 6.07) is 26.4. The van der Waals surface area contributed by atoms with Crippen molar-refractivity contribution >= 4 is 16.6 Å². The van der Waals surface area contributed by atoms with E-state index in [4.69, 9.17) is 9.26 Å². The van der Waals surface area contributed by atoms with Crippen molar-refractivity contribution in [3.8, 4) is 23.0 Å². The van der Waals surface area contributed by atoms with Gasteiger partial charge in [0.25, 0.3) is 5.89 Å². The highest BCUT2D eigenvalue weighted by atomic mass is 16.5. The van der Waals surface area contributed by atoms with Gasteiger partial charge in [0.2, 0.25) is 0 Å². The monoisotopic (exact) mass is 505 g/mol. The summed E-state index contributed by atoms with van der Waals surface area (Å²) in [7, 11) is 0. The summed E-state index contributed by atoms with van der Waals surface area (Å²) in [5.74, 6) is 3.40. The summed E-state index contributed by atoms with van der Waals surface area (Å²) in [5, 5.41) is 5.37. The zero-order chi connectivity index (χ0) is 25.9. The number of nitrogens with zero attached hydrogens (tertiary/aromatic N) is 5. The largest absolute Gasteiger partial charge is 0.457 e. The Morgan fingerprint density at radius 3 is 2.42 bits per heavy atom. The molecule has 0 spiro atoms. The van der Waals surface area contributed by atoms with Gasteiger partial charge in [0.15, 0.2) is 5.82 Å². The molecule has 0 N–H and O–H groups in total. The molecule has 0 unspecified atom stereocenters. The summed E-state index contributed by atoms with van der Waals surface area (Å²) in [6.07, 6.45) is 1.88. The van der Waals surface area contributed by atoms with Crippen molar-refractivity contribution in [2.45, 2.75) is 26.3 Å². The van der Waals surface area contributed by atoms with E-state index >= 15 is 0 Å². The first kappa shape index (κ1) is 24.1. The molecule has 0 amide bonds. The van der Waals surface area contributed by atoms with Crippen molar-refractivity contribution in [1.82, 2.24) is 20.0 Å². The molecular formula is C31H31N5O2. The van der Waals surface area contributed by atoms with Gasteiger partial charge in [-0.15, -0.1) is 0 Å². The third kappa shape index (κ3) is 5.24. The van der Waals surface area contributed by atoms with Crippen LogP contribution in [-0.2, 0) is 6.54 Å². The van der Waals surface area contributed by atoms with Gasteiger partial charge in [0, 0.05) is 55.1 Å². The van der Waals surface area contributed by atoms with Crippen LogP contribution in [0.3, 0.4) is 0 Å². The molecule has 1 fully saturated rings. The highest BCUT2D eigenvalue weighted by Gasteiger charge is 2.21. The van der Waals surface area contributed by atoms with Crippen molar-refractivity contribution in [3.63, 3.8) is 0 Å². The first-order chi connectivity index (χ1) is 18.6. The summed E-state index contributed by atoms with van der Waals surface area (Å²) in [4.78, 5) is 14.1. The first-order valence-corrected chi connectivity index (χ1v) is 13.1. The average Bonchev–Trinajstić information content (AvgIpc) is 3.42. The number of piperazine rings is 1. The van der Waals surface area contributed by atoms with E-state index in [2.05, 4.69) is 75.2 Å². The van der Waals surface area contributed by atoms with Crippen molar-refractivity contribution in [1.29, 1.82) is 0 Å². The standard InChI is InChI=1S/C31H31N5O2/c1-22(2)23-8-10-24(11-9-23)31-33-30(34-38-31)21-35-16-18-36(19-17-35)29-14-15-32-28-20-26(12-13-27(28)29)37-25-6-4-3-5-7-25/h3-15,20,22H,16-19,21H2,1-2H3. The number of benzene rings is 3. The number of hydrogen-bond acceptors (Lipinski definition) is 7. The van der Waals surface area contributed by atoms with Crippen LogP contribution < -0.4 is 9.64 Å². The Hall–Kier alpha value is -4.23. The van der Waals surface area contributed by atoms with Crippen LogP contribution in [0.1, 0.15) is 31.2 Å². The zero-order valence-electron chi connectivity index (χ0n) is 21.7. The fraction of sp³-hybridized carbons (Fsp3) is 0.258. The molecule has 5 aromatic rings. The van der Waals surface area contributed by atoms with Gasteiger partial charge in [0.05, 0.1) is 12.1 Å². The number of fused-ring (bicyclic) bond motifs is 1. The van der Waals surface area contributed by atoms with Crippen LogP contribution in [0.5, 0.6) is 11.5 Å². The smallest absolute Gasteiger partial charge is 0.257 e. The maximum absolute atomic E-state index is 6.01. The molecule has 192 valence electrons. The van der Waals surface area contributed by atoms with Gasteiger partial charge in [-0.2, -0.15) is 4.98 Å². The van der Waals surface area contributed by atoms with E-state index in [1.807, 2.05) is 48.7 Å². The van der Waals surface area contributed by atoms with Crippen LogP contribution >= 0.6 is 0 Å². The molecular weight excluding hydrogens is 474 g/mol. The summed E-state index contributed by atoms with van der Waals surface area (Å²) >= 11 is 0.